The zero-order valence-electron chi connectivity index (χ0n) is 11.8. The number of carbonyl (C=O) groups is 2. The maximum Gasteiger partial charge on any atom is 0.255 e. The number of carbonyl (C=O) groups excluding carboxylic acids is 2. The van der Waals surface area contributed by atoms with Gasteiger partial charge >= 0.3 is 0 Å². The molecule has 0 aliphatic heterocycles. The Balaban J connectivity index is 1.65. The van der Waals surface area contributed by atoms with Gasteiger partial charge in [-0.3, -0.25) is 9.59 Å². The van der Waals surface area contributed by atoms with Crippen LogP contribution in [0.25, 0.3) is 0 Å². The zero-order chi connectivity index (χ0) is 15.5. The van der Waals surface area contributed by atoms with Gasteiger partial charge in [-0.1, -0.05) is 11.6 Å². The first-order valence-electron chi connectivity index (χ1n) is 7.10. The van der Waals surface area contributed by atoms with Crippen LogP contribution in [0, 0.1) is 0 Å². The van der Waals surface area contributed by atoms with Crippen molar-refractivity contribution in [2.45, 2.75) is 18.9 Å². The Morgan fingerprint density at radius 1 is 0.864 bits per heavy atom. The highest BCUT2D eigenvalue weighted by Crippen LogP contribution is 2.19. The van der Waals surface area contributed by atoms with Gasteiger partial charge in [-0.2, -0.15) is 0 Å². The number of anilines is 1. The molecule has 3 rings (SSSR count). The van der Waals surface area contributed by atoms with Crippen LogP contribution in [0.3, 0.4) is 0 Å². The number of hydrogen-bond acceptors (Lipinski definition) is 2. The Morgan fingerprint density at radius 3 is 1.95 bits per heavy atom. The van der Waals surface area contributed by atoms with E-state index in [1.807, 2.05) is 0 Å². The van der Waals surface area contributed by atoms with Crippen LogP contribution in [0.1, 0.15) is 33.6 Å². The Labute approximate surface area is 133 Å². The van der Waals surface area contributed by atoms with Crippen molar-refractivity contribution in [1.29, 1.82) is 0 Å². The predicted octanol–water partition coefficient (Wildman–Crippen LogP) is 3.48. The molecular formula is C17H15ClN2O2. The van der Waals surface area contributed by atoms with E-state index in [-0.39, 0.29) is 11.8 Å². The van der Waals surface area contributed by atoms with Crippen molar-refractivity contribution < 1.29 is 9.59 Å². The van der Waals surface area contributed by atoms with Crippen molar-refractivity contribution in [2.24, 2.45) is 0 Å². The minimum atomic E-state index is -0.225. The van der Waals surface area contributed by atoms with Crippen LogP contribution in [0.5, 0.6) is 0 Å². The van der Waals surface area contributed by atoms with E-state index in [1.165, 1.54) is 0 Å². The standard InChI is InChI=1S/C17H15ClN2O2/c18-13-5-7-14(8-6-13)19-16(21)11-1-3-12(4-2-11)17(22)20-15-9-10-15/h1-8,15H,9-10H2,(H,19,21)(H,20,22). The number of halogens is 1. The fraction of sp³-hybridized carbons (Fsp3) is 0.176. The van der Waals surface area contributed by atoms with Gasteiger partial charge in [0.2, 0.25) is 0 Å². The number of rotatable bonds is 4. The largest absolute Gasteiger partial charge is 0.349 e. The van der Waals surface area contributed by atoms with E-state index in [9.17, 15) is 9.59 Å². The molecule has 2 aromatic rings. The lowest BCUT2D eigenvalue weighted by Crippen LogP contribution is -2.25. The maximum absolute atomic E-state index is 12.1. The lowest BCUT2D eigenvalue weighted by molar-refractivity contribution is 0.0949. The summed E-state index contributed by atoms with van der Waals surface area (Å²) in [5.74, 6) is -0.316. The van der Waals surface area contributed by atoms with Gasteiger partial charge in [0.05, 0.1) is 0 Å². The maximum atomic E-state index is 12.1. The van der Waals surface area contributed by atoms with Crippen LogP contribution >= 0.6 is 11.6 Å². The normalized spacial score (nSPS) is 13.5. The Hall–Kier alpha value is -2.33. The van der Waals surface area contributed by atoms with Crippen LogP contribution in [0.15, 0.2) is 48.5 Å². The monoisotopic (exact) mass is 314 g/mol. The van der Waals surface area contributed by atoms with Gasteiger partial charge in [0.15, 0.2) is 0 Å². The minimum Gasteiger partial charge on any atom is -0.349 e. The summed E-state index contributed by atoms with van der Waals surface area (Å²) in [7, 11) is 0. The Morgan fingerprint density at radius 2 is 1.41 bits per heavy atom. The molecule has 0 saturated heterocycles. The van der Waals surface area contributed by atoms with E-state index in [4.69, 9.17) is 11.6 Å². The van der Waals surface area contributed by atoms with Gasteiger partial charge in [-0.25, -0.2) is 0 Å². The third-order valence-corrected chi connectivity index (χ3v) is 3.68. The SMILES string of the molecule is O=C(Nc1ccc(Cl)cc1)c1ccc(C(=O)NC2CC2)cc1. The molecule has 22 heavy (non-hydrogen) atoms. The molecule has 2 N–H and O–H groups in total. The number of hydrogen-bond donors (Lipinski definition) is 2. The van der Waals surface area contributed by atoms with Crippen molar-refractivity contribution in [3.63, 3.8) is 0 Å². The summed E-state index contributed by atoms with van der Waals surface area (Å²) in [6.07, 6.45) is 2.10. The molecule has 0 unspecified atom stereocenters. The van der Waals surface area contributed by atoms with E-state index < -0.39 is 0 Å². The quantitative estimate of drug-likeness (QED) is 0.907. The molecule has 0 aromatic heterocycles. The second-order valence-corrected chi connectivity index (χ2v) is 5.72. The second-order valence-electron chi connectivity index (χ2n) is 5.29. The number of benzene rings is 2. The van der Waals surface area contributed by atoms with Gasteiger partial charge in [0, 0.05) is 27.9 Å². The molecule has 0 radical (unpaired) electrons. The van der Waals surface area contributed by atoms with Crippen molar-refractivity contribution in [3.05, 3.63) is 64.7 Å². The summed E-state index contributed by atoms with van der Waals surface area (Å²) in [5, 5.41) is 6.30. The van der Waals surface area contributed by atoms with Crippen LogP contribution in [0.4, 0.5) is 5.69 Å². The fourth-order valence-corrected chi connectivity index (χ4v) is 2.13. The molecule has 0 bridgehead atoms. The zero-order valence-corrected chi connectivity index (χ0v) is 12.6. The molecule has 1 aliphatic carbocycles. The van der Waals surface area contributed by atoms with E-state index in [0.29, 0.717) is 27.9 Å². The van der Waals surface area contributed by atoms with Gasteiger partial charge in [0.25, 0.3) is 11.8 Å². The number of amides is 2. The molecule has 112 valence electrons. The fourth-order valence-electron chi connectivity index (χ4n) is 2.01. The average Bonchev–Trinajstić information content (AvgIpc) is 3.33. The van der Waals surface area contributed by atoms with Gasteiger partial charge in [-0.05, 0) is 61.4 Å². The summed E-state index contributed by atoms with van der Waals surface area (Å²) < 4.78 is 0. The van der Waals surface area contributed by atoms with E-state index in [1.54, 1.807) is 48.5 Å². The predicted molar refractivity (Wildman–Crippen MR) is 86.3 cm³/mol. The highest BCUT2D eigenvalue weighted by molar-refractivity contribution is 6.30. The molecular weight excluding hydrogens is 300 g/mol. The third-order valence-electron chi connectivity index (χ3n) is 3.42. The molecule has 4 nitrogen and oxygen atoms in total. The minimum absolute atomic E-state index is 0.0906. The van der Waals surface area contributed by atoms with Crippen molar-refractivity contribution in [3.8, 4) is 0 Å². The highest BCUT2D eigenvalue weighted by atomic mass is 35.5. The van der Waals surface area contributed by atoms with E-state index in [0.717, 1.165) is 12.8 Å². The lowest BCUT2D eigenvalue weighted by Gasteiger charge is -2.07. The van der Waals surface area contributed by atoms with Crippen LogP contribution in [-0.4, -0.2) is 17.9 Å². The molecule has 1 fully saturated rings. The summed E-state index contributed by atoms with van der Waals surface area (Å²) in [6.45, 7) is 0. The molecule has 0 heterocycles. The summed E-state index contributed by atoms with van der Waals surface area (Å²) in [4.78, 5) is 24.0. The van der Waals surface area contributed by atoms with Gasteiger partial charge in [-0.15, -0.1) is 0 Å². The Kier molecular flexibility index (Phi) is 4.11. The van der Waals surface area contributed by atoms with Crippen LogP contribution < -0.4 is 10.6 Å². The Bertz CT molecular complexity index is 692. The summed E-state index contributed by atoms with van der Waals surface area (Å²) >= 11 is 5.80. The van der Waals surface area contributed by atoms with Crippen LogP contribution in [-0.2, 0) is 0 Å². The smallest absolute Gasteiger partial charge is 0.255 e. The van der Waals surface area contributed by atoms with Gasteiger partial charge < -0.3 is 10.6 Å². The average molecular weight is 315 g/mol. The van der Waals surface area contributed by atoms with Gasteiger partial charge in [0.1, 0.15) is 0 Å². The topological polar surface area (TPSA) is 58.2 Å². The molecule has 0 atom stereocenters. The molecule has 2 amide bonds. The lowest BCUT2D eigenvalue weighted by atomic mass is 10.1. The van der Waals surface area contributed by atoms with Crippen LogP contribution in [0.2, 0.25) is 5.02 Å². The highest BCUT2D eigenvalue weighted by Gasteiger charge is 2.23. The summed E-state index contributed by atoms with van der Waals surface area (Å²) in [6, 6.07) is 13.8. The molecule has 1 saturated carbocycles. The molecule has 1 aliphatic rings. The number of nitrogens with one attached hydrogen (secondary N) is 2. The molecule has 5 heteroatoms. The first kappa shape index (κ1) is 14.6. The van der Waals surface area contributed by atoms with Crippen molar-refractivity contribution >= 4 is 29.1 Å². The molecule has 2 aromatic carbocycles. The second kappa shape index (κ2) is 6.20. The van der Waals surface area contributed by atoms with Crippen molar-refractivity contribution in [2.75, 3.05) is 5.32 Å². The van der Waals surface area contributed by atoms with E-state index >= 15 is 0 Å². The first-order valence-corrected chi connectivity index (χ1v) is 7.47. The van der Waals surface area contributed by atoms with Crippen molar-refractivity contribution in [1.82, 2.24) is 5.32 Å². The van der Waals surface area contributed by atoms with E-state index in [2.05, 4.69) is 10.6 Å². The first-order chi connectivity index (χ1) is 10.6. The third kappa shape index (κ3) is 3.65. The molecule has 0 spiro atoms. The summed E-state index contributed by atoms with van der Waals surface area (Å²) in [5.41, 5.74) is 1.73.